The molecule has 2 aromatic rings. The Morgan fingerprint density at radius 2 is 1.78 bits per heavy atom. The molecule has 1 aromatic carbocycles. The molecular formula is C16H19BrO. The molecule has 1 nitrogen and oxygen atoms in total. The van der Waals surface area contributed by atoms with Gasteiger partial charge >= 0.3 is 0 Å². The molecule has 0 N–H and O–H groups in total. The Balaban J connectivity index is 1.95. The highest BCUT2D eigenvalue weighted by Gasteiger charge is 2.04. The van der Waals surface area contributed by atoms with E-state index in [4.69, 9.17) is 4.42 Å². The number of furan rings is 1. The molecule has 0 radical (unpaired) electrons. The van der Waals surface area contributed by atoms with Crippen molar-refractivity contribution >= 4 is 15.9 Å². The normalized spacial score (nSPS) is 10.8. The molecule has 1 heterocycles. The van der Waals surface area contributed by atoms with E-state index < -0.39 is 0 Å². The van der Waals surface area contributed by atoms with Crippen LogP contribution >= 0.6 is 15.9 Å². The Bertz CT molecular complexity index is 470. The highest BCUT2D eigenvalue weighted by molar-refractivity contribution is 9.10. The molecule has 96 valence electrons. The first-order chi connectivity index (χ1) is 8.79. The van der Waals surface area contributed by atoms with Crippen LogP contribution < -0.4 is 0 Å². The van der Waals surface area contributed by atoms with Crippen molar-refractivity contribution in [2.75, 3.05) is 0 Å². The summed E-state index contributed by atoms with van der Waals surface area (Å²) in [5.74, 6) is 1.10. The first-order valence-corrected chi connectivity index (χ1v) is 7.42. The fourth-order valence-corrected chi connectivity index (χ4v) is 2.30. The first-order valence-electron chi connectivity index (χ1n) is 6.63. The molecule has 2 heteroatoms. The number of rotatable bonds is 6. The van der Waals surface area contributed by atoms with Gasteiger partial charge in [0.25, 0.3) is 0 Å². The van der Waals surface area contributed by atoms with E-state index in [9.17, 15) is 0 Å². The zero-order chi connectivity index (χ0) is 12.8. The minimum absolute atomic E-state index is 1.05. The predicted octanol–water partition coefficient (Wildman–Crippen LogP) is 5.83. The summed E-state index contributed by atoms with van der Waals surface area (Å²) in [7, 11) is 0. The Morgan fingerprint density at radius 3 is 2.50 bits per heavy atom. The maximum absolute atomic E-state index is 5.62. The lowest BCUT2D eigenvalue weighted by Gasteiger charge is -1.97. The standard InChI is InChI=1S/C16H19BrO/c1-2-3-4-5-6-16-11-14(12-18-16)13-7-9-15(17)10-8-13/h7-12H,2-6H2,1H3. The Labute approximate surface area is 117 Å². The Hall–Kier alpha value is -1.02. The summed E-state index contributed by atoms with van der Waals surface area (Å²) in [4.78, 5) is 0. The molecule has 0 spiro atoms. The van der Waals surface area contributed by atoms with E-state index in [2.05, 4.69) is 53.2 Å². The van der Waals surface area contributed by atoms with Crippen LogP contribution in [0.25, 0.3) is 11.1 Å². The lowest BCUT2D eigenvalue weighted by molar-refractivity contribution is 0.495. The van der Waals surface area contributed by atoms with E-state index in [-0.39, 0.29) is 0 Å². The monoisotopic (exact) mass is 306 g/mol. The minimum Gasteiger partial charge on any atom is -0.469 e. The molecule has 0 bridgehead atoms. The van der Waals surface area contributed by atoms with Crippen molar-refractivity contribution in [3.63, 3.8) is 0 Å². The van der Waals surface area contributed by atoms with Gasteiger partial charge in [0.1, 0.15) is 5.76 Å². The Morgan fingerprint density at radius 1 is 1.00 bits per heavy atom. The molecule has 2 rings (SSSR count). The zero-order valence-corrected chi connectivity index (χ0v) is 12.4. The van der Waals surface area contributed by atoms with Crippen LogP contribution in [-0.4, -0.2) is 0 Å². The quantitative estimate of drug-likeness (QED) is 0.612. The van der Waals surface area contributed by atoms with Crippen LogP contribution in [0.3, 0.4) is 0 Å². The molecule has 0 atom stereocenters. The van der Waals surface area contributed by atoms with Crippen LogP contribution in [0.5, 0.6) is 0 Å². The number of aryl methyl sites for hydroxylation is 1. The van der Waals surface area contributed by atoms with E-state index in [1.165, 1.54) is 36.8 Å². The van der Waals surface area contributed by atoms with Gasteiger partial charge in [0, 0.05) is 16.5 Å². The summed E-state index contributed by atoms with van der Waals surface area (Å²) in [5.41, 5.74) is 2.38. The fourth-order valence-electron chi connectivity index (χ4n) is 2.03. The lowest BCUT2D eigenvalue weighted by atomic mass is 10.1. The largest absolute Gasteiger partial charge is 0.469 e. The molecule has 1 aromatic heterocycles. The number of hydrogen-bond donors (Lipinski definition) is 0. The van der Waals surface area contributed by atoms with Crippen molar-refractivity contribution in [3.05, 3.63) is 46.8 Å². The molecule has 0 aliphatic rings. The van der Waals surface area contributed by atoms with Gasteiger partial charge in [-0.15, -0.1) is 0 Å². The van der Waals surface area contributed by atoms with Gasteiger partial charge in [-0.2, -0.15) is 0 Å². The first kappa shape index (κ1) is 13.4. The van der Waals surface area contributed by atoms with E-state index in [0.717, 1.165) is 16.7 Å². The third kappa shape index (κ3) is 3.74. The topological polar surface area (TPSA) is 13.1 Å². The van der Waals surface area contributed by atoms with Crippen molar-refractivity contribution in [1.29, 1.82) is 0 Å². The zero-order valence-electron chi connectivity index (χ0n) is 10.8. The van der Waals surface area contributed by atoms with Crippen LogP contribution in [0, 0.1) is 0 Å². The second kappa shape index (κ2) is 6.79. The molecule has 0 saturated carbocycles. The van der Waals surface area contributed by atoms with E-state index in [1.807, 2.05) is 6.26 Å². The Kier molecular flexibility index (Phi) is 5.06. The second-order valence-electron chi connectivity index (χ2n) is 4.62. The molecule has 0 saturated heterocycles. The van der Waals surface area contributed by atoms with Gasteiger partial charge in [0.05, 0.1) is 6.26 Å². The number of unbranched alkanes of at least 4 members (excludes halogenated alkanes) is 3. The van der Waals surface area contributed by atoms with Crippen LogP contribution in [0.2, 0.25) is 0 Å². The van der Waals surface area contributed by atoms with E-state index in [1.54, 1.807) is 0 Å². The molecule has 0 aliphatic heterocycles. The summed E-state index contributed by atoms with van der Waals surface area (Å²) in [6, 6.07) is 10.5. The second-order valence-corrected chi connectivity index (χ2v) is 5.53. The SMILES string of the molecule is CCCCCCc1cc(-c2ccc(Br)cc2)co1. The third-order valence-corrected chi connectivity index (χ3v) is 3.64. The third-order valence-electron chi connectivity index (χ3n) is 3.11. The highest BCUT2D eigenvalue weighted by atomic mass is 79.9. The summed E-state index contributed by atoms with van der Waals surface area (Å²) in [6.07, 6.45) is 8.03. The fraction of sp³-hybridized carbons (Fsp3) is 0.375. The minimum atomic E-state index is 1.05. The molecule has 0 unspecified atom stereocenters. The number of halogens is 1. The molecule has 0 amide bonds. The van der Waals surface area contributed by atoms with Crippen LogP contribution in [0.1, 0.15) is 38.4 Å². The van der Waals surface area contributed by atoms with Gasteiger partial charge in [-0.1, -0.05) is 54.2 Å². The summed E-state index contributed by atoms with van der Waals surface area (Å²) in [5, 5.41) is 0. The van der Waals surface area contributed by atoms with Gasteiger partial charge in [0.15, 0.2) is 0 Å². The van der Waals surface area contributed by atoms with Crippen molar-refractivity contribution in [2.24, 2.45) is 0 Å². The van der Waals surface area contributed by atoms with Crippen molar-refractivity contribution in [2.45, 2.75) is 39.0 Å². The van der Waals surface area contributed by atoms with E-state index >= 15 is 0 Å². The molecular weight excluding hydrogens is 288 g/mol. The maximum atomic E-state index is 5.62. The highest BCUT2D eigenvalue weighted by Crippen LogP contribution is 2.24. The number of hydrogen-bond acceptors (Lipinski definition) is 1. The van der Waals surface area contributed by atoms with Crippen LogP contribution in [0.15, 0.2) is 45.5 Å². The van der Waals surface area contributed by atoms with Crippen molar-refractivity contribution in [1.82, 2.24) is 0 Å². The molecule has 0 fully saturated rings. The summed E-state index contributed by atoms with van der Waals surface area (Å²) < 4.78 is 6.72. The van der Waals surface area contributed by atoms with Gasteiger partial charge in [-0.25, -0.2) is 0 Å². The molecule has 18 heavy (non-hydrogen) atoms. The van der Waals surface area contributed by atoms with Crippen molar-refractivity contribution < 1.29 is 4.42 Å². The average molecular weight is 307 g/mol. The summed E-state index contributed by atoms with van der Waals surface area (Å²) in [6.45, 7) is 2.23. The number of benzene rings is 1. The van der Waals surface area contributed by atoms with Crippen molar-refractivity contribution in [3.8, 4) is 11.1 Å². The van der Waals surface area contributed by atoms with Gasteiger partial charge in [-0.3, -0.25) is 0 Å². The lowest BCUT2D eigenvalue weighted by Crippen LogP contribution is -1.82. The van der Waals surface area contributed by atoms with Crippen LogP contribution in [-0.2, 0) is 6.42 Å². The van der Waals surface area contributed by atoms with Gasteiger partial charge < -0.3 is 4.42 Å². The average Bonchev–Trinajstić information content (AvgIpc) is 2.84. The van der Waals surface area contributed by atoms with Crippen LogP contribution in [0.4, 0.5) is 0 Å². The molecule has 0 aliphatic carbocycles. The van der Waals surface area contributed by atoms with E-state index in [0.29, 0.717) is 0 Å². The predicted molar refractivity (Wildman–Crippen MR) is 79.7 cm³/mol. The van der Waals surface area contributed by atoms with Gasteiger partial charge in [0.2, 0.25) is 0 Å². The smallest absolute Gasteiger partial charge is 0.104 e. The van der Waals surface area contributed by atoms with Gasteiger partial charge in [-0.05, 0) is 30.2 Å². The maximum Gasteiger partial charge on any atom is 0.104 e. The summed E-state index contributed by atoms with van der Waals surface area (Å²) >= 11 is 3.45.